The highest BCUT2D eigenvalue weighted by Gasteiger charge is 2.13. The van der Waals surface area contributed by atoms with Gasteiger partial charge in [0, 0.05) is 11.6 Å². The number of hydrogen-bond donors (Lipinski definition) is 3. The van der Waals surface area contributed by atoms with Gasteiger partial charge in [0.15, 0.2) is 15.0 Å². The van der Waals surface area contributed by atoms with E-state index in [2.05, 4.69) is 10.3 Å². The number of phenols is 1. The van der Waals surface area contributed by atoms with Crippen LogP contribution in [0.4, 0.5) is 10.8 Å². The molecule has 0 aliphatic heterocycles. The first-order chi connectivity index (χ1) is 9.75. The lowest BCUT2D eigenvalue weighted by Crippen LogP contribution is -2.15. The lowest BCUT2D eigenvalue weighted by molar-refractivity contribution is -0.115. The van der Waals surface area contributed by atoms with Gasteiger partial charge >= 0.3 is 0 Å². The van der Waals surface area contributed by atoms with Gasteiger partial charge in [0.2, 0.25) is 5.91 Å². The van der Waals surface area contributed by atoms with Crippen molar-refractivity contribution in [3.8, 4) is 5.75 Å². The van der Waals surface area contributed by atoms with Gasteiger partial charge in [-0.25, -0.2) is 13.4 Å². The third kappa shape index (κ3) is 3.92. The Hall–Kier alpha value is -2.13. The topological polar surface area (TPSA) is 122 Å². The van der Waals surface area contributed by atoms with Crippen LogP contribution >= 0.6 is 11.3 Å². The van der Waals surface area contributed by atoms with Crippen molar-refractivity contribution in [2.45, 2.75) is 11.3 Å². The summed E-state index contributed by atoms with van der Waals surface area (Å²) >= 11 is 1.22. The Bertz CT molecular complexity index is 784. The summed E-state index contributed by atoms with van der Waals surface area (Å²) in [6.45, 7) is 0. The summed E-state index contributed by atoms with van der Waals surface area (Å²) in [7, 11) is -3.42. The van der Waals surface area contributed by atoms with Crippen LogP contribution in [0.15, 0.2) is 28.5 Å². The molecule has 21 heavy (non-hydrogen) atoms. The van der Waals surface area contributed by atoms with E-state index >= 15 is 0 Å². The Morgan fingerprint density at radius 3 is 2.76 bits per heavy atom. The van der Waals surface area contributed by atoms with Crippen LogP contribution in [0.2, 0.25) is 0 Å². The lowest BCUT2D eigenvalue weighted by Gasteiger charge is -2.08. The highest BCUT2D eigenvalue weighted by molar-refractivity contribution is 7.90. The van der Waals surface area contributed by atoms with Gasteiger partial charge in [0.05, 0.1) is 22.7 Å². The fourth-order valence-corrected chi connectivity index (χ4v) is 2.82. The first-order valence-electron chi connectivity index (χ1n) is 5.78. The number of carbonyl (C=O) groups excluding carboxylic acids is 1. The van der Waals surface area contributed by atoms with Gasteiger partial charge in [-0.15, -0.1) is 11.3 Å². The van der Waals surface area contributed by atoms with Gasteiger partial charge in [0.1, 0.15) is 5.75 Å². The summed E-state index contributed by atoms with van der Waals surface area (Å²) in [5, 5.41) is 14.1. The number of aromatic hydroxyl groups is 1. The summed E-state index contributed by atoms with van der Waals surface area (Å²) < 4.78 is 22.9. The maximum absolute atomic E-state index is 11.9. The Balaban J connectivity index is 2.17. The Labute approximate surface area is 125 Å². The van der Waals surface area contributed by atoms with E-state index in [0.29, 0.717) is 10.8 Å². The zero-order valence-electron chi connectivity index (χ0n) is 11.0. The molecule has 2 rings (SSSR count). The third-order valence-electron chi connectivity index (χ3n) is 2.58. The average molecular weight is 327 g/mol. The van der Waals surface area contributed by atoms with Crippen LogP contribution < -0.4 is 11.1 Å². The molecule has 2 aromatic rings. The summed E-state index contributed by atoms with van der Waals surface area (Å²) in [5.74, 6) is -0.644. The lowest BCUT2D eigenvalue weighted by atomic mass is 10.2. The van der Waals surface area contributed by atoms with Crippen molar-refractivity contribution in [1.29, 1.82) is 0 Å². The van der Waals surface area contributed by atoms with E-state index < -0.39 is 15.7 Å². The molecule has 1 amide bonds. The van der Waals surface area contributed by atoms with Crippen LogP contribution in [0.25, 0.3) is 0 Å². The first-order valence-corrected chi connectivity index (χ1v) is 8.55. The predicted molar refractivity (Wildman–Crippen MR) is 80.1 cm³/mol. The number of nitrogens with two attached hydrogens (primary N) is 1. The van der Waals surface area contributed by atoms with Crippen molar-refractivity contribution in [3.63, 3.8) is 0 Å². The van der Waals surface area contributed by atoms with Crippen molar-refractivity contribution in [3.05, 3.63) is 29.3 Å². The molecule has 1 heterocycles. The molecule has 0 spiro atoms. The molecule has 0 radical (unpaired) electrons. The normalized spacial score (nSPS) is 11.3. The van der Waals surface area contributed by atoms with E-state index in [1.807, 2.05) is 0 Å². The monoisotopic (exact) mass is 327 g/mol. The molecular formula is C12H13N3O4S2. The van der Waals surface area contributed by atoms with Crippen molar-refractivity contribution in [1.82, 2.24) is 4.98 Å². The number of nitrogens with one attached hydrogen (secondary N) is 1. The quantitative estimate of drug-likeness (QED) is 0.720. The van der Waals surface area contributed by atoms with Gasteiger partial charge in [-0.3, -0.25) is 4.79 Å². The maximum Gasteiger partial charge on any atom is 0.230 e. The van der Waals surface area contributed by atoms with Crippen LogP contribution in [0, 0.1) is 0 Å². The number of nitrogens with zero attached hydrogens (tertiary/aromatic N) is 1. The van der Waals surface area contributed by atoms with E-state index in [0.717, 1.165) is 6.26 Å². The van der Waals surface area contributed by atoms with Crippen LogP contribution in [0.1, 0.15) is 5.69 Å². The van der Waals surface area contributed by atoms with Crippen molar-refractivity contribution in [2.24, 2.45) is 0 Å². The molecule has 7 nitrogen and oxygen atoms in total. The molecule has 0 aliphatic rings. The summed E-state index contributed by atoms with van der Waals surface area (Å²) in [4.78, 5) is 15.8. The Morgan fingerprint density at radius 1 is 1.48 bits per heavy atom. The van der Waals surface area contributed by atoms with E-state index in [1.54, 1.807) is 5.38 Å². The van der Waals surface area contributed by atoms with Crippen molar-refractivity contribution < 1.29 is 18.3 Å². The largest absolute Gasteiger partial charge is 0.506 e. The van der Waals surface area contributed by atoms with Gasteiger partial charge in [-0.1, -0.05) is 0 Å². The van der Waals surface area contributed by atoms with Gasteiger partial charge in [-0.2, -0.15) is 0 Å². The minimum atomic E-state index is -3.42. The SMILES string of the molecule is CS(=O)(=O)c1ccc(O)c(NC(=O)Cc2csc(N)n2)c1. The number of carbonyl (C=O) groups is 1. The second-order valence-corrected chi connectivity index (χ2v) is 7.26. The number of hydrogen-bond acceptors (Lipinski definition) is 7. The number of amides is 1. The summed E-state index contributed by atoms with van der Waals surface area (Å²) in [5.41, 5.74) is 6.01. The highest BCUT2D eigenvalue weighted by Crippen LogP contribution is 2.26. The molecule has 0 bridgehead atoms. The molecule has 4 N–H and O–H groups in total. The number of anilines is 2. The molecule has 0 saturated heterocycles. The molecule has 9 heteroatoms. The molecule has 0 fully saturated rings. The van der Waals surface area contributed by atoms with Crippen molar-refractivity contribution >= 4 is 37.9 Å². The number of thiazole rings is 1. The van der Waals surface area contributed by atoms with Gasteiger partial charge in [0.25, 0.3) is 0 Å². The van der Waals surface area contributed by atoms with E-state index in [-0.39, 0.29) is 22.8 Å². The number of nitrogen functional groups attached to an aromatic ring is 1. The minimum absolute atomic E-state index is 0.00787. The number of sulfone groups is 1. The zero-order valence-corrected chi connectivity index (χ0v) is 12.7. The smallest absolute Gasteiger partial charge is 0.230 e. The summed E-state index contributed by atoms with van der Waals surface area (Å²) in [6, 6.07) is 3.69. The molecule has 1 aromatic carbocycles. The first kappa shape index (κ1) is 15.3. The molecule has 0 atom stereocenters. The van der Waals surface area contributed by atoms with E-state index in [9.17, 15) is 18.3 Å². The maximum atomic E-state index is 11.9. The van der Waals surface area contributed by atoms with Gasteiger partial charge < -0.3 is 16.2 Å². The van der Waals surface area contributed by atoms with Crippen molar-refractivity contribution in [2.75, 3.05) is 17.3 Å². The molecule has 112 valence electrons. The second kappa shape index (κ2) is 5.70. The van der Waals surface area contributed by atoms with Crippen LogP contribution in [0.3, 0.4) is 0 Å². The van der Waals surface area contributed by atoms with E-state index in [1.165, 1.54) is 29.5 Å². The molecule has 1 aromatic heterocycles. The van der Waals surface area contributed by atoms with Crippen LogP contribution in [-0.2, 0) is 21.1 Å². The van der Waals surface area contributed by atoms with Crippen LogP contribution in [0.5, 0.6) is 5.75 Å². The number of rotatable bonds is 4. The average Bonchev–Trinajstić information content (AvgIpc) is 2.76. The zero-order chi connectivity index (χ0) is 15.6. The Kier molecular flexibility index (Phi) is 4.14. The standard InChI is InChI=1S/C12H13N3O4S2/c1-21(18,19)8-2-3-10(16)9(5-8)15-11(17)4-7-6-20-12(13)14-7/h2-3,5-6,16H,4H2,1H3,(H2,13,14)(H,15,17). The Morgan fingerprint density at radius 2 is 2.19 bits per heavy atom. The fourth-order valence-electron chi connectivity index (χ4n) is 1.61. The third-order valence-corrected chi connectivity index (χ3v) is 4.41. The number of aromatic nitrogens is 1. The molecule has 0 unspecified atom stereocenters. The molecule has 0 saturated carbocycles. The number of benzene rings is 1. The predicted octanol–water partition coefficient (Wildman–Crippen LogP) is 1.02. The summed E-state index contributed by atoms with van der Waals surface area (Å²) in [6.07, 6.45) is 1.03. The minimum Gasteiger partial charge on any atom is -0.506 e. The number of phenolic OH excluding ortho intramolecular Hbond substituents is 1. The fraction of sp³-hybridized carbons (Fsp3) is 0.167. The highest BCUT2D eigenvalue weighted by atomic mass is 32.2. The van der Waals surface area contributed by atoms with E-state index in [4.69, 9.17) is 5.73 Å². The molecule has 0 aliphatic carbocycles. The van der Waals surface area contributed by atoms with Gasteiger partial charge in [-0.05, 0) is 18.2 Å². The molecular weight excluding hydrogens is 314 g/mol. The van der Waals surface area contributed by atoms with Crippen LogP contribution in [-0.4, -0.2) is 30.7 Å². The second-order valence-electron chi connectivity index (χ2n) is 4.35.